The van der Waals surface area contributed by atoms with Gasteiger partial charge in [-0.15, -0.1) is 0 Å². The van der Waals surface area contributed by atoms with E-state index in [1.54, 1.807) is 0 Å². The first-order valence-corrected chi connectivity index (χ1v) is 5.15. The van der Waals surface area contributed by atoms with Crippen LogP contribution in [0.1, 0.15) is 32.6 Å². The maximum Gasteiger partial charge on any atom is 0.235 e. The monoisotopic (exact) mass is 196 g/mol. The van der Waals surface area contributed by atoms with Crippen LogP contribution in [0.5, 0.6) is 0 Å². The van der Waals surface area contributed by atoms with Gasteiger partial charge >= 0.3 is 0 Å². The first-order valence-electron chi connectivity index (χ1n) is 5.15. The van der Waals surface area contributed by atoms with E-state index in [0.29, 0.717) is 0 Å². The van der Waals surface area contributed by atoms with Gasteiger partial charge in [-0.1, -0.05) is 12.8 Å². The Morgan fingerprint density at radius 2 is 1.57 bits per heavy atom. The molecule has 0 aromatic rings. The van der Waals surface area contributed by atoms with Crippen LogP contribution in [-0.4, -0.2) is 22.9 Å². The normalized spacial score (nSPS) is 34.6. The molecule has 0 N–H and O–H groups in total. The summed E-state index contributed by atoms with van der Waals surface area (Å²) in [5, 5.41) is 11.2. The predicted octanol–water partition coefficient (Wildman–Crippen LogP) is 0.938. The number of rotatable bonds is 1. The zero-order valence-electron chi connectivity index (χ0n) is 8.23. The quantitative estimate of drug-likeness (QED) is 0.586. The van der Waals surface area contributed by atoms with E-state index >= 15 is 0 Å². The second-order valence-electron chi connectivity index (χ2n) is 4.14. The van der Waals surface area contributed by atoms with E-state index in [-0.39, 0.29) is 23.7 Å². The minimum Gasteiger partial charge on any atom is -0.274 e. The zero-order valence-corrected chi connectivity index (χ0v) is 8.23. The summed E-state index contributed by atoms with van der Waals surface area (Å²) in [7, 11) is 0. The minimum absolute atomic E-state index is 0.187. The summed E-state index contributed by atoms with van der Waals surface area (Å²) in [5.74, 6) is -0.843. The number of hydrogen-bond donors (Lipinski definition) is 0. The third kappa shape index (κ3) is 1.25. The van der Waals surface area contributed by atoms with Crippen LogP contribution >= 0.6 is 0 Å². The molecule has 1 saturated carbocycles. The summed E-state index contributed by atoms with van der Waals surface area (Å²) in [5.41, 5.74) is 0. The van der Waals surface area contributed by atoms with Crippen molar-refractivity contribution in [2.45, 2.75) is 38.8 Å². The molecular weight excluding hydrogens is 182 g/mol. The molecule has 1 radical (unpaired) electrons. The summed E-state index contributed by atoms with van der Waals surface area (Å²) < 4.78 is 0. The number of likely N-dealkylation sites (tertiary alicyclic amines) is 1. The van der Waals surface area contributed by atoms with Gasteiger partial charge in [-0.3, -0.25) is 14.5 Å². The van der Waals surface area contributed by atoms with Gasteiger partial charge in [0.25, 0.3) is 0 Å². The molecule has 4 heteroatoms. The van der Waals surface area contributed by atoms with Crippen molar-refractivity contribution < 1.29 is 14.7 Å². The third-order valence-electron chi connectivity index (χ3n) is 3.24. The highest BCUT2D eigenvalue weighted by atomic mass is 16.3. The largest absolute Gasteiger partial charge is 0.274 e. The zero-order chi connectivity index (χ0) is 10.3. The summed E-state index contributed by atoms with van der Waals surface area (Å²) in [4.78, 5) is 24.3. The molecule has 1 aliphatic carbocycles. The van der Waals surface area contributed by atoms with E-state index < -0.39 is 6.23 Å². The van der Waals surface area contributed by atoms with Gasteiger partial charge < -0.3 is 0 Å². The van der Waals surface area contributed by atoms with Crippen molar-refractivity contribution in [3.05, 3.63) is 0 Å². The number of hydrogen-bond acceptors (Lipinski definition) is 2. The molecule has 0 spiro atoms. The van der Waals surface area contributed by atoms with E-state index in [9.17, 15) is 14.7 Å². The fourth-order valence-corrected chi connectivity index (χ4v) is 2.55. The Morgan fingerprint density at radius 3 is 1.93 bits per heavy atom. The number of fused-ring (bicyclic) bond motifs is 1. The first-order chi connectivity index (χ1) is 6.63. The molecule has 0 bridgehead atoms. The van der Waals surface area contributed by atoms with Gasteiger partial charge in [-0.2, -0.15) is 0 Å². The second-order valence-corrected chi connectivity index (χ2v) is 4.14. The fraction of sp³-hybridized carbons (Fsp3) is 0.800. The maximum absolute atomic E-state index is 11.7. The Kier molecular flexibility index (Phi) is 2.31. The molecule has 2 rings (SSSR count). The number of amides is 2. The van der Waals surface area contributed by atoms with Crippen molar-refractivity contribution >= 4 is 11.8 Å². The highest BCUT2D eigenvalue weighted by molar-refractivity contribution is 6.05. The third-order valence-corrected chi connectivity index (χ3v) is 3.24. The molecule has 1 heterocycles. The Hall–Kier alpha value is -0.900. The predicted molar refractivity (Wildman–Crippen MR) is 47.4 cm³/mol. The van der Waals surface area contributed by atoms with E-state index in [1.807, 2.05) is 0 Å². The molecule has 14 heavy (non-hydrogen) atoms. The van der Waals surface area contributed by atoms with Gasteiger partial charge in [0.2, 0.25) is 11.8 Å². The van der Waals surface area contributed by atoms with Gasteiger partial charge in [-0.25, -0.2) is 5.11 Å². The molecule has 3 unspecified atom stereocenters. The van der Waals surface area contributed by atoms with Crippen LogP contribution in [0, 0.1) is 11.8 Å². The van der Waals surface area contributed by atoms with Crippen LogP contribution < -0.4 is 0 Å². The van der Waals surface area contributed by atoms with E-state index in [1.165, 1.54) is 6.92 Å². The molecule has 2 amide bonds. The number of imide groups is 1. The molecule has 3 atom stereocenters. The Morgan fingerprint density at radius 1 is 1.14 bits per heavy atom. The smallest absolute Gasteiger partial charge is 0.235 e. The molecule has 1 aliphatic heterocycles. The van der Waals surface area contributed by atoms with E-state index in [4.69, 9.17) is 0 Å². The molecular formula is C10H14NO3. The lowest BCUT2D eigenvalue weighted by Crippen LogP contribution is -2.37. The van der Waals surface area contributed by atoms with Crippen LogP contribution in [0.2, 0.25) is 0 Å². The molecule has 0 aromatic heterocycles. The number of carbonyl (C=O) groups excluding carboxylic acids is 2. The lowest BCUT2D eigenvalue weighted by atomic mass is 9.81. The fourth-order valence-electron chi connectivity index (χ4n) is 2.55. The Balaban J connectivity index is 2.24. The van der Waals surface area contributed by atoms with Crippen LogP contribution in [0.3, 0.4) is 0 Å². The van der Waals surface area contributed by atoms with Gasteiger partial charge in [0.05, 0.1) is 11.8 Å². The van der Waals surface area contributed by atoms with E-state index in [0.717, 1.165) is 30.6 Å². The Labute approximate surface area is 82.9 Å². The Bertz CT molecular complexity index is 251. The first kappa shape index (κ1) is 9.65. The second kappa shape index (κ2) is 3.35. The summed E-state index contributed by atoms with van der Waals surface area (Å²) in [6, 6.07) is 0. The highest BCUT2D eigenvalue weighted by Gasteiger charge is 2.49. The van der Waals surface area contributed by atoms with Crippen molar-refractivity contribution in [2.24, 2.45) is 11.8 Å². The van der Waals surface area contributed by atoms with Crippen LogP contribution in [-0.2, 0) is 14.7 Å². The van der Waals surface area contributed by atoms with Crippen molar-refractivity contribution in [2.75, 3.05) is 0 Å². The van der Waals surface area contributed by atoms with Crippen molar-refractivity contribution in [3.63, 3.8) is 0 Å². The lowest BCUT2D eigenvalue weighted by Gasteiger charge is -2.19. The molecule has 2 fully saturated rings. The van der Waals surface area contributed by atoms with Crippen molar-refractivity contribution in [1.29, 1.82) is 0 Å². The van der Waals surface area contributed by atoms with Crippen LogP contribution in [0.25, 0.3) is 0 Å². The van der Waals surface area contributed by atoms with Crippen molar-refractivity contribution in [3.8, 4) is 0 Å². The van der Waals surface area contributed by atoms with Gasteiger partial charge in [0, 0.05) is 0 Å². The highest BCUT2D eigenvalue weighted by Crippen LogP contribution is 2.38. The van der Waals surface area contributed by atoms with Gasteiger partial charge in [-0.05, 0) is 19.8 Å². The molecule has 77 valence electrons. The molecule has 2 aliphatic rings. The van der Waals surface area contributed by atoms with Gasteiger partial charge in [0.1, 0.15) is 0 Å². The average molecular weight is 196 g/mol. The van der Waals surface area contributed by atoms with Crippen molar-refractivity contribution in [1.82, 2.24) is 4.90 Å². The minimum atomic E-state index is -1.22. The van der Waals surface area contributed by atoms with E-state index in [2.05, 4.69) is 0 Å². The number of nitrogens with zero attached hydrogens (tertiary/aromatic N) is 1. The maximum atomic E-state index is 11.7. The summed E-state index contributed by atoms with van der Waals surface area (Å²) in [6.45, 7) is 1.35. The summed E-state index contributed by atoms with van der Waals surface area (Å²) in [6.07, 6.45) is 2.33. The van der Waals surface area contributed by atoms with Crippen LogP contribution in [0.15, 0.2) is 0 Å². The standard InChI is InChI=1S/C10H14NO3/c1-6(12)11-9(13)7-4-2-3-5-8(7)10(11)14/h6-8H,2-5H2,1H3. The SMILES string of the molecule is CC([O])N1C(=O)C2CCCCC2C1=O. The lowest BCUT2D eigenvalue weighted by molar-refractivity contribution is -0.153. The number of carbonyl (C=O) groups is 2. The summed E-state index contributed by atoms with van der Waals surface area (Å²) >= 11 is 0. The topological polar surface area (TPSA) is 57.3 Å². The average Bonchev–Trinajstić information content (AvgIpc) is 2.41. The molecule has 0 aromatic carbocycles. The molecule has 4 nitrogen and oxygen atoms in total. The molecule has 1 saturated heterocycles. The van der Waals surface area contributed by atoms with Gasteiger partial charge in [0.15, 0.2) is 6.23 Å². The van der Waals surface area contributed by atoms with Crippen LogP contribution in [0.4, 0.5) is 0 Å².